The van der Waals surface area contributed by atoms with E-state index in [2.05, 4.69) is 0 Å². The van der Waals surface area contributed by atoms with Crippen molar-refractivity contribution in [1.29, 1.82) is 0 Å². The van der Waals surface area contributed by atoms with Crippen molar-refractivity contribution in [3.8, 4) is 5.75 Å². The van der Waals surface area contributed by atoms with Crippen LogP contribution in [0.1, 0.15) is 23.6 Å². The first-order valence-corrected chi connectivity index (χ1v) is 6.57. The predicted octanol–water partition coefficient (Wildman–Crippen LogP) is 4.05. The van der Waals surface area contributed by atoms with Gasteiger partial charge in [0.1, 0.15) is 17.2 Å². The summed E-state index contributed by atoms with van der Waals surface area (Å²) >= 11 is 6.08. The molecule has 1 N–H and O–H groups in total. The number of rotatable bonds is 3. The van der Waals surface area contributed by atoms with Crippen LogP contribution in [0.3, 0.4) is 0 Å². The van der Waals surface area contributed by atoms with Crippen LogP contribution < -0.4 is 4.74 Å². The van der Waals surface area contributed by atoms with Gasteiger partial charge in [0.15, 0.2) is 0 Å². The van der Waals surface area contributed by atoms with Crippen molar-refractivity contribution in [2.75, 3.05) is 7.11 Å². The number of hydrogen-bond acceptors (Lipinski definition) is 2. The van der Waals surface area contributed by atoms with Gasteiger partial charge in [0, 0.05) is 5.02 Å². The van der Waals surface area contributed by atoms with Crippen molar-refractivity contribution in [2.24, 2.45) is 0 Å². The van der Waals surface area contributed by atoms with Gasteiger partial charge in [0.2, 0.25) is 0 Å². The summed E-state index contributed by atoms with van der Waals surface area (Å²) in [6.07, 6.45) is 0. The fraction of sp³-hybridized carbons (Fsp3) is 0.250. The zero-order chi connectivity index (χ0) is 14.9. The van der Waals surface area contributed by atoms with Gasteiger partial charge in [0.05, 0.1) is 12.7 Å². The molecule has 0 radical (unpaired) electrons. The maximum absolute atomic E-state index is 14.1. The van der Waals surface area contributed by atoms with Gasteiger partial charge in [-0.15, -0.1) is 0 Å². The molecule has 20 heavy (non-hydrogen) atoms. The molecule has 2 aromatic rings. The molecule has 0 saturated carbocycles. The van der Waals surface area contributed by atoms with Crippen molar-refractivity contribution in [1.82, 2.24) is 0 Å². The van der Waals surface area contributed by atoms with Crippen LogP contribution >= 0.6 is 11.6 Å². The average Bonchev–Trinajstić information content (AvgIpc) is 2.41. The van der Waals surface area contributed by atoms with Crippen LogP contribution in [0.25, 0.3) is 0 Å². The van der Waals surface area contributed by atoms with Crippen LogP contribution in [0.15, 0.2) is 36.4 Å². The highest BCUT2D eigenvalue weighted by molar-refractivity contribution is 6.31. The largest absolute Gasteiger partial charge is 0.496 e. The Morgan fingerprint density at radius 1 is 1.25 bits per heavy atom. The molecule has 1 unspecified atom stereocenters. The van der Waals surface area contributed by atoms with Crippen molar-refractivity contribution < 1.29 is 14.2 Å². The van der Waals surface area contributed by atoms with Crippen molar-refractivity contribution in [2.45, 2.75) is 19.4 Å². The maximum atomic E-state index is 14.1. The second kappa shape index (κ2) is 5.43. The minimum atomic E-state index is -1.53. The molecule has 0 aliphatic rings. The van der Waals surface area contributed by atoms with Gasteiger partial charge in [-0.25, -0.2) is 4.39 Å². The van der Waals surface area contributed by atoms with E-state index in [1.165, 1.54) is 26.2 Å². The zero-order valence-electron chi connectivity index (χ0n) is 11.6. The minimum absolute atomic E-state index is 0.0995. The van der Waals surface area contributed by atoms with Gasteiger partial charge in [-0.05, 0) is 43.2 Å². The number of halogens is 2. The van der Waals surface area contributed by atoms with Gasteiger partial charge in [-0.1, -0.05) is 29.8 Å². The molecule has 0 aliphatic carbocycles. The van der Waals surface area contributed by atoms with Crippen LogP contribution in [0.2, 0.25) is 5.02 Å². The fourth-order valence-corrected chi connectivity index (χ4v) is 2.37. The second-order valence-electron chi connectivity index (χ2n) is 4.85. The standard InChI is InChI=1S/C16H16ClFO2/c1-10-7-8-11(9-12(10)17)16(2,19)15-13(18)5-4-6-14(15)20-3/h4-9,19H,1-3H3. The molecule has 2 aromatic carbocycles. The molecule has 0 spiro atoms. The summed E-state index contributed by atoms with van der Waals surface area (Å²) in [5, 5.41) is 11.3. The molecule has 0 saturated heterocycles. The Morgan fingerprint density at radius 3 is 2.55 bits per heavy atom. The maximum Gasteiger partial charge on any atom is 0.133 e. The highest BCUT2D eigenvalue weighted by Crippen LogP contribution is 2.38. The molecule has 0 amide bonds. The van der Waals surface area contributed by atoms with E-state index in [9.17, 15) is 9.50 Å². The molecule has 1 atom stereocenters. The van der Waals surface area contributed by atoms with E-state index in [-0.39, 0.29) is 5.56 Å². The molecule has 4 heteroatoms. The van der Waals surface area contributed by atoms with Crippen LogP contribution in [0.5, 0.6) is 5.75 Å². The summed E-state index contributed by atoms with van der Waals surface area (Å²) in [6.45, 7) is 3.39. The molecular weight excluding hydrogens is 279 g/mol. The van der Waals surface area contributed by atoms with E-state index in [0.717, 1.165) is 5.56 Å². The molecule has 2 nitrogen and oxygen atoms in total. The SMILES string of the molecule is COc1cccc(F)c1C(C)(O)c1ccc(C)c(Cl)c1. The molecular formula is C16H16ClFO2. The van der Waals surface area contributed by atoms with Gasteiger partial charge in [-0.2, -0.15) is 0 Å². The first-order chi connectivity index (χ1) is 9.37. The Hall–Kier alpha value is -1.58. The van der Waals surface area contributed by atoms with E-state index in [4.69, 9.17) is 16.3 Å². The molecule has 0 bridgehead atoms. The van der Waals surface area contributed by atoms with Crippen molar-refractivity contribution in [3.63, 3.8) is 0 Å². The normalized spacial score (nSPS) is 13.9. The Kier molecular flexibility index (Phi) is 4.02. The summed E-state index contributed by atoms with van der Waals surface area (Å²) in [7, 11) is 1.44. The van der Waals surface area contributed by atoms with Gasteiger partial charge < -0.3 is 9.84 Å². The minimum Gasteiger partial charge on any atom is -0.496 e. The topological polar surface area (TPSA) is 29.5 Å². The fourth-order valence-electron chi connectivity index (χ4n) is 2.19. The van der Waals surface area contributed by atoms with Crippen LogP contribution in [0, 0.1) is 12.7 Å². The quantitative estimate of drug-likeness (QED) is 0.925. The summed E-state index contributed by atoms with van der Waals surface area (Å²) in [5.74, 6) is -0.224. The number of aliphatic hydroxyl groups is 1. The number of ether oxygens (including phenoxy) is 1. The summed E-state index contributed by atoms with van der Waals surface area (Å²) in [6, 6.07) is 9.61. The highest BCUT2D eigenvalue weighted by atomic mass is 35.5. The Labute approximate surface area is 122 Å². The van der Waals surface area contributed by atoms with E-state index in [1.54, 1.807) is 24.3 Å². The summed E-state index contributed by atoms with van der Waals surface area (Å²) in [4.78, 5) is 0. The number of methoxy groups -OCH3 is 1. The molecule has 0 fully saturated rings. The molecule has 106 valence electrons. The lowest BCUT2D eigenvalue weighted by Crippen LogP contribution is -2.25. The number of benzene rings is 2. The smallest absolute Gasteiger partial charge is 0.133 e. The predicted molar refractivity (Wildman–Crippen MR) is 77.8 cm³/mol. The molecule has 0 heterocycles. The third-order valence-corrected chi connectivity index (χ3v) is 3.82. The van der Waals surface area contributed by atoms with Crippen LogP contribution in [-0.2, 0) is 5.60 Å². The van der Waals surface area contributed by atoms with Gasteiger partial charge in [-0.3, -0.25) is 0 Å². The zero-order valence-corrected chi connectivity index (χ0v) is 12.3. The Morgan fingerprint density at radius 2 is 1.95 bits per heavy atom. The third kappa shape index (κ3) is 2.51. The average molecular weight is 295 g/mol. The lowest BCUT2D eigenvalue weighted by atomic mass is 9.87. The molecule has 0 aromatic heterocycles. The molecule has 2 rings (SSSR count). The molecule has 0 aliphatic heterocycles. The van der Waals surface area contributed by atoms with Gasteiger partial charge in [0.25, 0.3) is 0 Å². The lowest BCUT2D eigenvalue weighted by Gasteiger charge is -2.27. The van der Waals surface area contributed by atoms with Gasteiger partial charge >= 0.3 is 0 Å². The Bertz CT molecular complexity index is 638. The van der Waals surface area contributed by atoms with E-state index >= 15 is 0 Å². The second-order valence-corrected chi connectivity index (χ2v) is 5.26. The van der Waals surface area contributed by atoms with Crippen LogP contribution in [-0.4, -0.2) is 12.2 Å². The summed E-state index contributed by atoms with van der Waals surface area (Å²) < 4.78 is 19.3. The third-order valence-electron chi connectivity index (χ3n) is 3.42. The Balaban J connectivity index is 2.62. The highest BCUT2D eigenvalue weighted by Gasteiger charge is 2.32. The number of hydrogen-bond donors (Lipinski definition) is 1. The monoisotopic (exact) mass is 294 g/mol. The first-order valence-electron chi connectivity index (χ1n) is 6.20. The van der Waals surface area contributed by atoms with Crippen molar-refractivity contribution >= 4 is 11.6 Å². The number of aryl methyl sites for hydroxylation is 1. The lowest BCUT2D eigenvalue weighted by molar-refractivity contribution is 0.0945. The van der Waals surface area contributed by atoms with Crippen LogP contribution in [0.4, 0.5) is 4.39 Å². The summed E-state index contributed by atoms with van der Waals surface area (Å²) in [5.41, 5.74) is -0.0285. The first kappa shape index (κ1) is 14.8. The van der Waals surface area contributed by atoms with Crippen molar-refractivity contribution in [3.05, 3.63) is 63.9 Å². The van der Waals surface area contributed by atoms with E-state index in [1.807, 2.05) is 6.92 Å². The van der Waals surface area contributed by atoms with E-state index in [0.29, 0.717) is 16.3 Å². The van der Waals surface area contributed by atoms with E-state index < -0.39 is 11.4 Å².